The number of aliphatic hydroxyl groups excluding tert-OH is 1. The smallest absolute Gasteiger partial charge is 0.221 e. The summed E-state index contributed by atoms with van der Waals surface area (Å²) in [6.07, 6.45) is 1.66. The number of carbonyl (C=O) groups is 1. The molecule has 6 heteroatoms. The van der Waals surface area contributed by atoms with Gasteiger partial charge in [-0.15, -0.1) is 0 Å². The molecule has 0 bridgehead atoms. The van der Waals surface area contributed by atoms with Crippen molar-refractivity contribution in [2.45, 2.75) is 6.92 Å². The molecule has 0 aromatic heterocycles. The van der Waals surface area contributed by atoms with Gasteiger partial charge in [-0.25, -0.2) is 4.99 Å². The topological polar surface area (TPSA) is 77.3 Å². The molecule has 6 nitrogen and oxygen atoms in total. The second-order valence-corrected chi connectivity index (χ2v) is 6.13. The van der Waals surface area contributed by atoms with Crippen LogP contribution in [-0.4, -0.2) is 40.7 Å². The summed E-state index contributed by atoms with van der Waals surface area (Å²) in [7, 11) is 0. The zero-order valence-corrected chi connectivity index (χ0v) is 14.3. The SMILES string of the molecule is CC(=O)Nc1ccc(/C(O)=C/C2=Nc3ccccc3C3=NCCN23)cc1. The number of para-hydroxylation sites is 1. The highest BCUT2D eigenvalue weighted by atomic mass is 16.3. The molecule has 1 amide bonds. The van der Waals surface area contributed by atoms with Crippen LogP contribution in [0.4, 0.5) is 11.4 Å². The monoisotopic (exact) mass is 346 g/mol. The summed E-state index contributed by atoms with van der Waals surface area (Å²) in [5.74, 6) is 1.55. The zero-order valence-electron chi connectivity index (χ0n) is 14.3. The number of hydrogen-bond donors (Lipinski definition) is 2. The average Bonchev–Trinajstić information content (AvgIpc) is 3.12. The van der Waals surface area contributed by atoms with E-state index in [4.69, 9.17) is 0 Å². The van der Waals surface area contributed by atoms with Gasteiger partial charge in [0.1, 0.15) is 17.4 Å². The first-order chi connectivity index (χ1) is 12.6. The average molecular weight is 346 g/mol. The lowest BCUT2D eigenvalue weighted by Gasteiger charge is -2.25. The van der Waals surface area contributed by atoms with Crippen molar-refractivity contribution in [2.24, 2.45) is 9.98 Å². The highest BCUT2D eigenvalue weighted by Gasteiger charge is 2.28. The maximum atomic E-state index is 11.1. The molecule has 0 fully saturated rings. The molecule has 0 spiro atoms. The molecule has 0 unspecified atom stereocenters. The van der Waals surface area contributed by atoms with Gasteiger partial charge in [-0.3, -0.25) is 9.79 Å². The Morgan fingerprint density at radius 3 is 2.73 bits per heavy atom. The molecule has 4 rings (SSSR count). The molecule has 0 saturated heterocycles. The fourth-order valence-corrected chi connectivity index (χ4v) is 3.09. The zero-order chi connectivity index (χ0) is 18.1. The summed E-state index contributed by atoms with van der Waals surface area (Å²) in [6, 6.07) is 14.9. The number of amidine groups is 2. The number of anilines is 1. The summed E-state index contributed by atoms with van der Waals surface area (Å²) < 4.78 is 0. The molecular formula is C20H18N4O2. The predicted molar refractivity (Wildman–Crippen MR) is 103 cm³/mol. The summed E-state index contributed by atoms with van der Waals surface area (Å²) >= 11 is 0. The van der Waals surface area contributed by atoms with Crippen LogP contribution in [0.5, 0.6) is 0 Å². The van der Waals surface area contributed by atoms with E-state index in [9.17, 15) is 9.90 Å². The molecule has 0 aliphatic carbocycles. The van der Waals surface area contributed by atoms with Crippen molar-refractivity contribution < 1.29 is 9.90 Å². The van der Waals surface area contributed by atoms with E-state index in [1.807, 2.05) is 29.2 Å². The second-order valence-electron chi connectivity index (χ2n) is 6.13. The Morgan fingerprint density at radius 2 is 1.96 bits per heavy atom. The number of carbonyl (C=O) groups excluding carboxylic acids is 1. The van der Waals surface area contributed by atoms with Gasteiger partial charge in [0.25, 0.3) is 0 Å². The largest absolute Gasteiger partial charge is 0.507 e. The Hall–Kier alpha value is -3.41. The van der Waals surface area contributed by atoms with Crippen LogP contribution in [0.25, 0.3) is 5.76 Å². The fraction of sp³-hybridized carbons (Fsp3) is 0.150. The summed E-state index contributed by atoms with van der Waals surface area (Å²) in [4.78, 5) is 22.4. The van der Waals surface area contributed by atoms with E-state index in [-0.39, 0.29) is 11.7 Å². The molecule has 2 aromatic rings. The van der Waals surface area contributed by atoms with Gasteiger partial charge in [-0.05, 0) is 36.4 Å². The van der Waals surface area contributed by atoms with E-state index in [2.05, 4.69) is 15.3 Å². The number of hydrogen-bond acceptors (Lipinski definition) is 5. The standard InChI is InChI=1S/C20H18N4O2/c1-13(25)22-15-8-6-14(7-9-15)18(26)12-19-23-17-5-3-2-4-16(17)20-21-10-11-24(19)20/h2-9,12,26H,10-11H2,1H3,(H,22,25)/b18-12-. The molecule has 26 heavy (non-hydrogen) atoms. The predicted octanol–water partition coefficient (Wildman–Crippen LogP) is 3.35. The number of amides is 1. The Bertz CT molecular complexity index is 958. The van der Waals surface area contributed by atoms with Gasteiger partial charge in [0, 0.05) is 36.4 Å². The Kier molecular flexibility index (Phi) is 4.01. The minimum Gasteiger partial charge on any atom is -0.507 e. The van der Waals surface area contributed by atoms with Crippen molar-refractivity contribution in [3.05, 3.63) is 65.7 Å². The quantitative estimate of drug-likeness (QED) is 0.837. The van der Waals surface area contributed by atoms with Crippen LogP contribution in [0.2, 0.25) is 0 Å². The molecule has 0 atom stereocenters. The number of nitrogens with zero attached hydrogens (tertiary/aromatic N) is 3. The number of nitrogens with one attached hydrogen (secondary N) is 1. The van der Waals surface area contributed by atoms with Crippen LogP contribution in [0.3, 0.4) is 0 Å². The maximum absolute atomic E-state index is 11.1. The molecule has 2 N–H and O–H groups in total. The van der Waals surface area contributed by atoms with Crippen molar-refractivity contribution in [2.75, 3.05) is 18.4 Å². The number of fused-ring (bicyclic) bond motifs is 3. The molecule has 2 aromatic carbocycles. The Labute approximate surface area is 151 Å². The number of rotatable bonds is 3. The third-order valence-electron chi connectivity index (χ3n) is 4.26. The van der Waals surface area contributed by atoms with Crippen LogP contribution in [-0.2, 0) is 4.79 Å². The maximum Gasteiger partial charge on any atom is 0.221 e. The van der Waals surface area contributed by atoms with Crippen LogP contribution >= 0.6 is 0 Å². The van der Waals surface area contributed by atoms with Crippen LogP contribution in [0.15, 0.2) is 64.6 Å². The highest BCUT2D eigenvalue weighted by molar-refractivity contribution is 6.19. The number of benzene rings is 2. The van der Waals surface area contributed by atoms with Crippen molar-refractivity contribution in [3.8, 4) is 0 Å². The van der Waals surface area contributed by atoms with E-state index in [1.54, 1.807) is 30.3 Å². The molecule has 0 radical (unpaired) electrons. The molecule has 2 heterocycles. The number of aliphatic imine (C=N–C) groups is 2. The molecule has 2 aliphatic rings. The molecule has 130 valence electrons. The van der Waals surface area contributed by atoms with E-state index in [1.165, 1.54) is 6.92 Å². The first-order valence-corrected chi connectivity index (χ1v) is 8.40. The lowest BCUT2D eigenvalue weighted by atomic mass is 10.1. The van der Waals surface area contributed by atoms with Crippen LogP contribution in [0.1, 0.15) is 18.1 Å². The Balaban J connectivity index is 1.66. The van der Waals surface area contributed by atoms with E-state index >= 15 is 0 Å². The van der Waals surface area contributed by atoms with E-state index in [0.29, 0.717) is 23.6 Å². The normalized spacial score (nSPS) is 15.7. The van der Waals surface area contributed by atoms with Gasteiger partial charge in [-0.2, -0.15) is 0 Å². The third kappa shape index (κ3) is 2.97. The minimum absolute atomic E-state index is 0.115. The lowest BCUT2D eigenvalue weighted by Crippen LogP contribution is -2.36. The van der Waals surface area contributed by atoms with E-state index < -0.39 is 0 Å². The van der Waals surface area contributed by atoms with Crippen molar-refractivity contribution in [1.82, 2.24) is 4.90 Å². The number of aliphatic hydroxyl groups is 1. The van der Waals surface area contributed by atoms with Crippen molar-refractivity contribution in [1.29, 1.82) is 0 Å². The molecule has 0 saturated carbocycles. The Morgan fingerprint density at radius 1 is 1.19 bits per heavy atom. The summed E-state index contributed by atoms with van der Waals surface area (Å²) in [6.45, 7) is 2.91. The van der Waals surface area contributed by atoms with Gasteiger partial charge in [-0.1, -0.05) is 12.1 Å². The summed E-state index contributed by atoms with van der Waals surface area (Å²) in [5.41, 5.74) is 3.20. The second kappa shape index (κ2) is 6.48. The van der Waals surface area contributed by atoms with Gasteiger partial charge in [0.2, 0.25) is 5.91 Å². The van der Waals surface area contributed by atoms with Crippen LogP contribution < -0.4 is 5.32 Å². The minimum atomic E-state index is -0.131. The van der Waals surface area contributed by atoms with Gasteiger partial charge < -0.3 is 15.3 Å². The van der Waals surface area contributed by atoms with Gasteiger partial charge in [0.15, 0.2) is 0 Å². The lowest BCUT2D eigenvalue weighted by molar-refractivity contribution is -0.114. The first kappa shape index (κ1) is 16.1. The fourth-order valence-electron chi connectivity index (χ4n) is 3.09. The van der Waals surface area contributed by atoms with Crippen molar-refractivity contribution in [3.63, 3.8) is 0 Å². The van der Waals surface area contributed by atoms with Gasteiger partial charge >= 0.3 is 0 Å². The first-order valence-electron chi connectivity index (χ1n) is 8.40. The van der Waals surface area contributed by atoms with Gasteiger partial charge in [0.05, 0.1) is 12.2 Å². The molecule has 2 aliphatic heterocycles. The van der Waals surface area contributed by atoms with E-state index in [0.717, 1.165) is 23.6 Å². The van der Waals surface area contributed by atoms with Crippen LogP contribution in [0, 0.1) is 0 Å². The molecular weight excluding hydrogens is 328 g/mol. The summed E-state index contributed by atoms with van der Waals surface area (Å²) in [5, 5.41) is 13.2. The highest BCUT2D eigenvalue weighted by Crippen LogP contribution is 2.29. The third-order valence-corrected chi connectivity index (χ3v) is 4.26. The van der Waals surface area contributed by atoms with Crippen molar-refractivity contribution >= 4 is 34.7 Å².